The van der Waals surface area contributed by atoms with Crippen LogP contribution in [0.1, 0.15) is 75.3 Å². The van der Waals surface area contributed by atoms with Crippen LogP contribution < -0.4 is 4.74 Å². The fraction of sp³-hybridized carbons (Fsp3) is 0.394. The summed E-state index contributed by atoms with van der Waals surface area (Å²) in [5, 5.41) is 3.02. The quantitative estimate of drug-likeness (QED) is 0.293. The van der Waals surface area contributed by atoms with Gasteiger partial charge in [0, 0.05) is 11.6 Å². The van der Waals surface area contributed by atoms with E-state index in [9.17, 15) is 9.18 Å². The Morgan fingerprint density at radius 1 is 0.897 bits per heavy atom. The number of benzene rings is 3. The van der Waals surface area contributed by atoms with Crippen molar-refractivity contribution in [3.63, 3.8) is 0 Å². The molecule has 2 saturated carbocycles. The minimum atomic E-state index is -0.264. The summed E-state index contributed by atoms with van der Waals surface area (Å²) in [5.74, 6) is 0.513. The SMILES string of the molecule is O=C1C(=Cc2c(OCc3ccc(F)cc3)ccc3ccccc23)SC(=NC2CCCCC2)N1C1CCCCC1. The van der Waals surface area contributed by atoms with Gasteiger partial charge in [-0.2, -0.15) is 0 Å². The molecule has 4 nitrogen and oxygen atoms in total. The van der Waals surface area contributed by atoms with Crippen molar-refractivity contribution in [2.45, 2.75) is 82.9 Å². The zero-order valence-corrected chi connectivity index (χ0v) is 23.1. The largest absolute Gasteiger partial charge is 0.488 e. The summed E-state index contributed by atoms with van der Waals surface area (Å²) in [7, 11) is 0. The molecular formula is C33H35FN2O2S. The standard InChI is InChI=1S/C33H35FN2O2S/c34-25-18-15-23(16-19-25)22-38-30-20-17-24-9-7-8-14-28(24)29(30)21-31-32(37)36(27-12-5-2-6-13-27)33(39-31)35-26-10-3-1-4-11-26/h7-9,14-21,26-27H,1-6,10-13,22H2. The van der Waals surface area contributed by atoms with Crippen molar-refractivity contribution in [1.82, 2.24) is 4.90 Å². The van der Waals surface area contributed by atoms with Gasteiger partial charge in [-0.1, -0.05) is 81.0 Å². The molecule has 0 bridgehead atoms. The summed E-state index contributed by atoms with van der Waals surface area (Å²) >= 11 is 1.53. The molecule has 3 aliphatic rings. The molecular weight excluding hydrogens is 507 g/mol. The molecule has 39 heavy (non-hydrogen) atoms. The highest BCUT2D eigenvalue weighted by atomic mass is 32.2. The minimum Gasteiger partial charge on any atom is -0.488 e. The molecule has 1 saturated heterocycles. The lowest BCUT2D eigenvalue weighted by Gasteiger charge is -2.31. The number of amides is 1. The predicted molar refractivity (Wildman–Crippen MR) is 158 cm³/mol. The smallest absolute Gasteiger partial charge is 0.267 e. The zero-order valence-electron chi connectivity index (χ0n) is 22.3. The van der Waals surface area contributed by atoms with Crippen LogP contribution in [0.2, 0.25) is 0 Å². The molecule has 2 aliphatic carbocycles. The molecule has 6 heteroatoms. The Bertz CT molecular complexity index is 1390. The van der Waals surface area contributed by atoms with E-state index in [4.69, 9.17) is 9.73 Å². The van der Waals surface area contributed by atoms with E-state index in [1.165, 1.54) is 62.4 Å². The van der Waals surface area contributed by atoms with Gasteiger partial charge in [-0.3, -0.25) is 14.7 Å². The Balaban J connectivity index is 1.36. The third-order valence-corrected chi connectivity index (χ3v) is 9.16. The first-order chi connectivity index (χ1) is 19.2. The van der Waals surface area contributed by atoms with Crippen LogP contribution in [-0.4, -0.2) is 28.1 Å². The topological polar surface area (TPSA) is 41.9 Å². The van der Waals surface area contributed by atoms with Crippen LogP contribution in [0.25, 0.3) is 16.8 Å². The van der Waals surface area contributed by atoms with Gasteiger partial charge in [0.25, 0.3) is 5.91 Å². The molecule has 0 N–H and O–H groups in total. The van der Waals surface area contributed by atoms with Crippen molar-refractivity contribution in [2.75, 3.05) is 0 Å². The van der Waals surface area contributed by atoms with Crippen molar-refractivity contribution in [3.05, 3.63) is 82.5 Å². The van der Waals surface area contributed by atoms with Crippen LogP contribution in [-0.2, 0) is 11.4 Å². The number of rotatable bonds is 6. The van der Waals surface area contributed by atoms with E-state index in [0.29, 0.717) is 23.3 Å². The minimum absolute atomic E-state index is 0.0684. The lowest BCUT2D eigenvalue weighted by atomic mass is 9.94. The number of amidine groups is 1. The summed E-state index contributed by atoms with van der Waals surface area (Å²) in [6, 6.07) is 19.1. The van der Waals surface area contributed by atoms with Crippen molar-refractivity contribution >= 4 is 39.7 Å². The Morgan fingerprint density at radius 2 is 1.62 bits per heavy atom. The van der Waals surface area contributed by atoms with Crippen LogP contribution in [0.5, 0.6) is 5.75 Å². The average Bonchev–Trinajstić information content (AvgIpc) is 3.28. The number of halogens is 1. The summed E-state index contributed by atoms with van der Waals surface area (Å²) in [6.45, 7) is 0.318. The van der Waals surface area contributed by atoms with Gasteiger partial charge in [0.05, 0.1) is 10.9 Å². The second kappa shape index (κ2) is 12.0. The highest BCUT2D eigenvalue weighted by Gasteiger charge is 2.39. The number of hydrogen-bond donors (Lipinski definition) is 0. The Hall–Kier alpha value is -3.12. The van der Waals surface area contributed by atoms with E-state index in [1.807, 2.05) is 35.2 Å². The number of carbonyl (C=O) groups excluding carboxylic acids is 1. The fourth-order valence-electron chi connectivity index (χ4n) is 6.03. The molecule has 0 unspecified atom stereocenters. The maximum absolute atomic E-state index is 14.0. The zero-order chi connectivity index (χ0) is 26.6. The number of carbonyl (C=O) groups is 1. The second-order valence-corrected chi connectivity index (χ2v) is 11.9. The Kier molecular flexibility index (Phi) is 8.00. The summed E-state index contributed by atoms with van der Waals surface area (Å²) < 4.78 is 19.7. The highest BCUT2D eigenvalue weighted by Crippen LogP contribution is 2.40. The molecule has 6 rings (SSSR count). The molecule has 0 aromatic heterocycles. The molecule has 1 heterocycles. The molecule has 3 fully saturated rings. The van der Waals surface area contributed by atoms with Crippen LogP contribution in [0, 0.1) is 5.82 Å². The van der Waals surface area contributed by atoms with Crippen LogP contribution in [0.15, 0.2) is 70.6 Å². The van der Waals surface area contributed by atoms with Crippen LogP contribution in [0.3, 0.4) is 0 Å². The highest BCUT2D eigenvalue weighted by molar-refractivity contribution is 8.18. The molecule has 202 valence electrons. The van der Waals surface area contributed by atoms with E-state index < -0.39 is 0 Å². The first kappa shape index (κ1) is 26.1. The summed E-state index contributed by atoms with van der Waals surface area (Å²) in [4.78, 5) is 21.9. The second-order valence-electron chi connectivity index (χ2n) is 10.9. The first-order valence-electron chi connectivity index (χ1n) is 14.4. The third kappa shape index (κ3) is 5.91. The van der Waals surface area contributed by atoms with E-state index in [2.05, 4.69) is 12.1 Å². The average molecular weight is 543 g/mol. The van der Waals surface area contributed by atoms with Crippen molar-refractivity contribution < 1.29 is 13.9 Å². The van der Waals surface area contributed by atoms with E-state index in [1.54, 1.807) is 12.1 Å². The molecule has 1 aliphatic heterocycles. The van der Waals surface area contributed by atoms with Crippen molar-refractivity contribution in [3.8, 4) is 5.75 Å². The molecule has 3 aromatic rings. The van der Waals surface area contributed by atoms with Gasteiger partial charge >= 0.3 is 0 Å². The van der Waals surface area contributed by atoms with Gasteiger partial charge < -0.3 is 4.74 Å². The number of nitrogens with zero attached hydrogens (tertiary/aromatic N) is 2. The number of thioether (sulfide) groups is 1. The normalized spacial score (nSPS) is 21.4. The van der Waals surface area contributed by atoms with Crippen molar-refractivity contribution in [1.29, 1.82) is 0 Å². The number of aliphatic imine (C=N–C) groups is 1. The number of fused-ring (bicyclic) bond motifs is 1. The van der Waals surface area contributed by atoms with Crippen LogP contribution in [0.4, 0.5) is 4.39 Å². The van der Waals surface area contributed by atoms with Crippen molar-refractivity contribution in [2.24, 2.45) is 4.99 Å². The Labute approximate surface area is 234 Å². The van der Waals surface area contributed by atoms with E-state index in [0.717, 1.165) is 52.8 Å². The van der Waals surface area contributed by atoms with Gasteiger partial charge in [0.1, 0.15) is 18.2 Å². The van der Waals surface area contributed by atoms with Gasteiger partial charge in [0.15, 0.2) is 5.17 Å². The summed E-state index contributed by atoms with van der Waals surface area (Å²) in [6.07, 6.45) is 13.6. The molecule has 3 aromatic carbocycles. The lowest BCUT2D eigenvalue weighted by Crippen LogP contribution is -2.41. The maximum Gasteiger partial charge on any atom is 0.267 e. The maximum atomic E-state index is 14.0. The summed E-state index contributed by atoms with van der Waals surface area (Å²) in [5.41, 5.74) is 1.79. The number of hydrogen-bond acceptors (Lipinski definition) is 4. The van der Waals surface area contributed by atoms with Gasteiger partial charge in [0.2, 0.25) is 0 Å². The molecule has 1 amide bonds. The number of ether oxygens (including phenoxy) is 1. The lowest BCUT2D eigenvalue weighted by molar-refractivity contribution is -0.124. The monoisotopic (exact) mass is 542 g/mol. The Morgan fingerprint density at radius 3 is 2.38 bits per heavy atom. The van der Waals surface area contributed by atoms with Gasteiger partial charge in [-0.05, 0) is 78.1 Å². The first-order valence-corrected chi connectivity index (χ1v) is 15.2. The van der Waals surface area contributed by atoms with Gasteiger partial charge in [-0.25, -0.2) is 4.39 Å². The van der Waals surface area contributed by atoms with E-state index in [-0.39, 0.29) is 17.8 Å². The fourth-order valence-corrected chi connectivity index (χ4v) is 7.12. The third-order valence-electron chi connectivity index (χ3n) is 8.16. The molecule has 0 spiro atoms. The molecule has 0 radical (unpaired) electrons. The van der Waals surface area contributed by atoms with Gasteiger partial charge in [-0.15, -0.1) is 0 Å². The van der Waals surface area contributed by atoms with E-state index >= 15 is 0 Å². The predicted octanol–water partition coefficient (Wildman–Crippen LogP) is 8.50. The molecule has 0 atom stereocenters. The van der Waals surface area contributed by atoms with Crippen LogP contribution >= 0.6 is 11.8 Å².